The van der Waals surface area contributed by atoms with Crippen LogP contribution in [0.4, 0.5) is 5.13 Å². The zero-order valence-electron chi connectivity index (χ0n) is 11.3. The number of hydrogen-bond acceptors (Lipinski definition) is 6. The van der Waals surface area contributed by atoms with Gasteiger partial charge in [-0.15, -0.1) is 10.2 Å². The fourth-order valence-corrected chi connectivity index (χ4v) is 2.60. The van der Waals surface area contributed by atoms with Crippen LogP contribution >= 0.6 is 11.3 Å². The average Bonchev–Trinajstić information content (AvgIpc) is 3.04. The Balaban J connectivity index is 1.73. The lowest BCUT2D eigenvalue weighted by Crippen LogP contribution is -2.16. The summed E-state index contributed by atoms with van der Waals surface area (Å²) in [6.45, 7) is 5.51. The molecule has 3 heterocycles. The molecule has 3 rings (SSSR count). The van der Waals surface area contributed by atoms with E-state index in [0.29, 0.717) is 29.2 Å². The Morgan fingerprint density at radius 1 is 1.50 bits per heavy atom. The second kappa shape index (κ2) is 5.20. The van der Waals surface area contributed by atoms with Gasteiger partial charge in [0.1, 0.15) is 5.01 Å². The minimum Gasteiger partial charge on any atom is -0.478 e. The predicted octanol–water partition coefficient (Wildman–Crippen LogP) is 1.89. The van der Waals surface area contributed by atoms with Gasteiger partial charge in [-0.25, -0.2) is 4.68 Å². The van der Waals surface area contributed by atoms with Gasteiger partial charge in [0.25, 0.3) is 5.91 Å². The summed E-state index contributed by atoms with van der Waals surface area (Å²) in [5.41, 5.74) is 0.336. The number of carbonyl (C=O) groups is 1. The third-order valence-electron chi connectivity index (χ3n) is 2.89. The van der Waals surface area contributed by atoms with E-state index in [1.807, 2.05) is 13.8 Å². The highest BCUT2D eigenvalue weighted by atomic mass is 32.1. The first-order valence-electron chi connectivity index (χ1n) is 6.49. The number of rotatable bonds is 3. The number of amides is 1. The summed E-state index contributed by atoms with van der Waals surface area (Å²) in [6, 6.07) is 1.65. The molecule has 2 aromatic heterocycles. The predicted molar refractivity (Wildman–Crippen MR) is 74.3 cm³/mol. The fraction of sp³-hybridized carbons (Fsp3) is 0.500. The molecule has 20 heavy (non-hydrogen) atoms. The molecule has 0 radical (unpaired) electrons. The standard InChI is InChI=1S/C12H15N5O2S/c1-7(2)11-14-15-12(20-11)13-10(18)8-6-9-17(16-8)4-3-5-19-9/h6-7H,3-5H2,1-2H3,(H,13,15,18). The number of anilines is 1. The number of carbonyl (C=O) groups excluding carboxylic acids is 1. The lowest BCUT2D eigenvalue weighted by Gasteiger charge is -2.13. The van der Waals surface area contributed by atoms with Gasteiger partial charge in [-0.2, -0.15) is 5.10 Å². The first kappa shape index (κ1) is 13.0. The maximum absolute atomic E-state index is 12.1. The highest BCUT2D eigenvalue weighted by Gasteiger charge is 2.19. The maximum atomic E-state index is 12.1. The molecule has 0 aliphatic carbocycles. The molecular weight excluding hydrogens is 278 g/mol. The molecule has 7 nitrogen and oxygen atoms in total. The van der Waals surface area contributed by atoms with Crippen molar-refractivity contribution in [2.75, 3.05) is 11.9 Å². The van der Waals surface area contributed by atoms with Crippen molar-refractivity contribution in [3.63, 3.8) is 0 Å². The molecule has 1 N–H and O–H groups in total. The molecule has 1 amide bonds. The van der Waals surface area contributed by atoms with E-state index < -0.39 is 0 Å². The topological polar surface area (TPSA) is 81.9 Å². The molecule has 2 aromatic rings. The summed E-state index contributed by atoms with van der Waals surface area (Å²) in [5, 5.41) is 16.3. The van der Waals surface area contributed by atoms with Gasteiger partial charge >= 0.3 is 0 Å². The zero-order valence-corrected chi connectivity index (χ0v) is 12.1. The first-order valence-corrected chi connectivity index (χ1v) is 7.30. The summed E-state index contributed by atoms with van der Waals surface area (Å²) in [7, 11) is 0. The molecular formula is C12H15N5O2S. The Morgan fingerprint density at radius 2 is 2.35 bits per heavy atom. The number of ether oxygens (including phenoxy) is 1. The van der Waals surface area contributed by atoms with Crippen molar-refractivity contribution in [3.8, 4) is 5.88 Å². The number of aryl methyl sites for hydroxylation is 1. The minimum absolute atomic E-state index is 0.290. The van der Waals surface area contributed by atoms with Crippen LogP contribution in [0.1, 0.15) is 41.7 Å². The van der Waals surface area contributed by atoms with Crippen LogP contribution in [0.15, 0.2) is 6.07 Å². The lowest BCUT2D eigenvalue weighted by atomic mass is 10.2. The van der Waals surface area contributed by atoms with Crippen LogP contribution in [0.5, 0.6) is 5.88 Å². The van der Waals surface area contributed by atoms with Crippen LogP contribution in [-0.4, -0.2) is 32.5 Å². The molecule has 8 heteroatoms. The average molecular weight is 293 g/mol. The van der Waals surface area contributed by atoms with Crippen molar-refractivity contribution in [3.05, 3.63) is 16.8 Å². The van der Waals surface area contributed by atoms with E-state index in [9.17, 15) is 4.79 Å². The lowest BCUT2D eigenvalue weighted by molar-refractivity contribution is 0.102. The van der Waals surface area contributed by atoms with Crippen LogP contribution in [0.3, 0.4) is 0 Å². The van der Waals surface area contributed by atoms with Crippen molar-refractivity contribution in [2.24, 2.45) is 0 Å². The van der Waals surface area contributed by atoms with Gasteiger partial charge in [-0.1, -0.05) is 25.2 Å². The fourth-order valence-electron chi connectivity index (χ4n) is 1.86. The van der Waals surface area contributed by atoms with Crippen LogP contribution in [0.2, 0.25) is 0 Å². The highest BCUT2D eigenvalue weighted by molar-refractivity contribution is 7.15. The molecule has 0 aromatic carbocycles. The van der Waals surface area contributed by atoms with E-state index in [4.69, 9.17) is 4.74 Å². The number of aromatic nitrogens is 4. The summed E-state index contributed by atoms with van der Waals surface area (Å²) in [4.78, 5) is 12.1. The second-order valence-corrected chi connectivity index (χ2v) is 5.86. The van der Waals surface area contributed by atoms with E-state index in [0.717, 1.165) is 18.0 Å². The largest absolute Gasteiger partial charge is 0.478 e. The van der Waals surface area contributed by atoms with Gasteiger partial charge in [0, 0.05) is 24.9 Å². The Hall–Kier alpha value is -1.96. The van der Waals surface area contributed by atoms with Crippen LogP contribution in [0, 0.1) is 0 Å². The minimum atomic E-state index is -0.290. The van der Waals surface area contributed by atoms with Crippen LogP contribution < -0.4 is 10.1 Å². The molecule has 1 aliphatic heterocycles. The van der Waals surface area contributed by atoms with E-state index >= 15 is 0 Å². The molecule has 0 unspecified atom stereocenters. The van der Waals surface area contributed by atoms with Gasteiger partial charge < -0.3 is 4.74 Å². The monoisotopic (exact) mass is 293 g/mol. The Kier molecular flexibility index (Phi) is 3.39. The molecule has 0 atom stereocenters. The molecule has 0 saturated carbocycles. The number of nitrogens with one attached hydrogen (secondary N) is 1. The van der Waals surface area contributed by atoms with E-state index in [-0.39, 0.29) is 5.91 Å². The molecule has 1 aliphatic rings. The Morgan fingerprint density at radius 3 is 3.05 bits per heavy atom. The Bertz CT molecular complexity index is 610. The van der Waals surface area contributed by atoms with Crippen molar-refractivity contribution < 1.29 is 9.53 Å². The third kappa shape index (κ3) is 2.51. The van der Waals surface area contributed by atoms with Gasteiger partial charge in [0.15, 0.2) is 5.69 Å². The smallest absolute Gasteiger partial charge is 0.278 e. The zero-order chi connectivity index (χ0) is 14.1. The second-order valence-electron chi connectivity index (χ2n) is 4.85. The highest BCUT2D eigenvalue weighted by Crippen LogP contribution is 2.23. The van der Waals surface area contributed by atoms with E-state index in [2.05, 4.69) is 20.6 Å². The summed E-state index contributed by atoms with van der Waals surface area (Å²) in [6.07, 6.45) is 0.907. The van der Waals surface area contributed by atoms with E-state index in [1.165, 1.54) is 11.3 Å². The molecule has 0 fully saturated rings. The van der Waals surface area contributed by atoms with Gasteiger partial charge in [-0.3, -0.25) is 10.1 Å². The summed E-state index contributed by atoms with van der Waals surface area (Å²) in [5.74, 6) is 0.648. The van der Waals surface area contributed by atoms with Gasteiger partial charge in [0.05, 0.1) is 6.61 Å². The van der Waals surface area contributed by atoms with Crippen LogP contribution in [0.25, 0.3) is 0 Å². The van der Waals surface area contributed by atoms with Gasteiger partial charge in [0.2, 0.25) is 11.0 Å². The Labute approximate surface area is 120 Å². The molecule has 0 bridgehead atoms. The number of fused-ring (bicyclic) bond motifs is 1. The first-order chi connectivity index (χ1) is 9.63. The third-order valence-corrected chi connectivity index (χ3v) is 4.03. The van der Waals surface area contributed by atoms with Crippen LogP contribution in [-0.2, 0) is 6.54 Å². The quantitative estimate of drug-likeness (QED) is 0.934. The van der Waals surface area contributed by atoms with Crippen molar-refractivity contribution in [2.45, 2.75) is 32.7 Å². The summed E-state index contributed by atoms with van der Waals surface area (Å²) >= 11 is 1.38. The van der Waals surface area contributed by atoms with Crippen molar-refractivity contribution >= 4 is 22.4 Å². The summed E-state index contributed by atoms with van der Waals surface area (Å²) < 4.78 is 7.14. The molecule has 0 spiro atoms. The van der Waals surface area contributed by atoms with Crippen molar-refractivity contribution in [1.82, 2.24) is 20.0 Å². The maximum Gasteiger partial charge on any atom is 0.278 e. The van der Waals surface area contributed by atoms with Gasteiger partial charge in [-0.05, 0) is 0 Å². The number of hydrogen-bond donors (Lipinski definition) is 1. The number of nitrogens with zero attached hydrogens (tertiary/aromatic N) is 4. The van der Waals surface area contributed by atoms with Crippen molar-refractivity contribution in [1.29, 1.82) is 0 Å². The SMILES string of the molecule is CC(C)c1nnc(NC(=O)c2cc3n(n2)CCCO3)s1. The normalized spacial score (nSPS) is 13.9. The molecule has 106 valence electrons. The molecule has 0 saturated heterocycles. The van der Waals surface area contributed by atoms with E-state index in [1.54, 1.807) is 10.7 Å².